The number of nitrogens with one attached hydrogen (secondary N) is 1. The van der Waals surface area contributed by atoms with Crippen molar-refractivity contribution in [1.82, 2.24) is 5.32 Å². The molecule has 3 nitrogen and oxygen atoms in total. The van der Waals surface area contributed by atoms with Crippen LogP contribution in [-0.2, 0) is 0 Å². The zero-order valence-electron chi connectivity index (χ0n) is 17.0. The molecule has 0 saturated carbocycles. The number of aliphatic hydroxyl groups excluding tert-OH is 2. The fraction of sp³-hybridized carbons (Fsp3) is 0.739. The van der Waals surface area contributed by atoms with Crippen molar-refractivity contribution in [2.75, 3.05) is 6.54 Å². The summed E-state index contributed by atoms with van der Waals surface area (Å²) in [5.41, 5.74) is 0.999. The Hall–Kier alpha value is -1.38. The summed E-state index contributed by atoms with van der Waals surface area (Å²) in [5.74, 6) is 0.493. The van der Waals surface area contributed by atoms with Gasteiger partial charge in [0, 0.05) is 12.1 Å². The first kappa shape index (κ1) is 24.6. The molecule has 0 amide bonds. The van der Waals surface area contributed by atoms with E-state index in [9.17, 15) is 0 Å². The minimum Gasteiger partial charge on any atom is -0.513 e. The molecule has 0 aliphatic carbocycles. The Bertz CT molecular complexity index is 376. The lowest BCUT2D eigenvalue weighted by molar-refractivity contribution is 0.383. The Balaban J connectivity index is 3.12. The second-order valence-corrected chi connectivity index (χ2v) is 7.54. The molecule has 0 rings (SSSR count). The van der Waals surface area contributed by atoms with Crippen LogP contribution in [0.25, 0.3) is 0 Å². The molecule has 0 aliphatic heterocycles. The lowest BCUT2D eigenvalue weighted by Crippen LogP contribution is -2.15. The van der Waals surface area contributed by atoms with Crippen molar-refractivity contribution in [1.29, 1.82) is 0 Å². The quantitative estimate of drug-likeness (QED) is 0.155. The summed E-state index contributed by atoms with van der Waals surface area (Å²) in [5, 5.41) is 21.1. The molecule has 0 aromatic heterocycles. The van der Waals surface area contributed by atoms with Crippen molar-refractivity contribution in [3.63, 3.8) is 0 Å². The third kappa shape index (κ3) is 20.7. The van der Waals surface area contributed by atoms with Crippen LogP contribution in [0.2, 0.25) is 0 Å². The Kier molecular flexibility index (Phi) is 17.4. The molecular formula is C23H43NO2. The molecule has 0 spiro atoms. The molecule has 3 heteroatoms. The molecule has 0 saturated heterocycles. The minimum atomic E-state index is 0.163. The van der Waals surface area contributed by atoms with Crippen LogP contribution in [0.1, 0.15) is 103 Å². The van der Waals surface area contributed by atoms with Crippen molar-refractivity contribution >= 4 is 0 Å². The van der Waals surface area contributed by atoms with Gasteiger partial charge in [-0.2, -0.15) is 0 Å². The van der Waals surface area contributed by atoms with Gasteiger partial charge in [-0.15, -0.1) is 0 Å². The highest BCUT2D eigenvalue weighted by Crippen LogP contribution is 2.14. The SMILES string of the molecule is C=C(O)CCCCCCCCCCCCCCCCC(=C)NCC(=C)O. The van der Waals surface area contributed by atoms with Crippen LogP contribution in [0.15, 0.2) is 37.0 Å². The van der Waals surface area contributed by atoms with Crippen LogP contribution < -0.4 is 5.32 Å². The Morgan fingerprint density at radius 3 is 1.19 bits per heavy atom. The van der Waals surface area contributed by atoms with E-state index in [1.54, 1.807) is 0 Å². The van der Waals surface area contributed by atoms with E-state index in [0.717, 1.165) is 25.0 Å². The molecule has 0 atom stereocenters. The van der Waals surface area contributed by atoms with Crippen molar-refractivity contribution in [3.05, 3.63) is 37.0 Å². The van der Waals surface area contributed by atoms with E-state index in [2.05, 4.69) is 25.1 Å². The van der Waals surface area contributed by atoms with Gasteiger partial charge in [-0.05, 0) is 19.3 Å². The average Bonchev–Trinajstić information content (AvgIpc) is 2.59. The summed E-state index contributed by atoms with van der Waals surface area (Å²) >= 11 is 0. The molecule has 0 radical (unpaired) electrons. The van der Waals surface area contributed by atoms with Gasteiger partial charge in [0.25, 0.3) is 0 Å². The van der Waals surface area contributed by atoms with Crippen LogP contribution in [-0.4, -0.2) is 16.8 Å². The molecule has 0 fully saturated rings. The molecule has 26 heavy (non-hydrogen) atoms. The summed E-state index contributed by atoms with van der Waals surface area (Å²) in [6, 6.07) is 0. The van der Waals surface area contributed by atoms with E-state index >= 15 is 0 Å². The number of unbranched alkanes of at least 4 members (excludes halogenated alkanes) is 13. The third-order valence-electron chi connectivity index (χ3n) is 4.74. The largest absolute Gasteiger partial charge is 0.513 e. The van der Waals surface area contributed by atoms with Crippen molar-refractivity contribution < 1.29 is 10.2 Å². The van der Waals surface area contributed by atoms with Gasteiger partial charge in [0.1, 0.15) is 5.76 Å². The first-order chi connectivity index (χ1) is 12.5. The number of rotatable bonds is 20. The van der Waals surface area contributed by atoms with E-state index in [1.807, 2.05) is 0 Å². The van der Waals surface area contributed by atoms with Crippen LogP contribution in [0, 0.1) is 0 Å². The Labute approximate surface area is 162 Å². The topological polar surface area (TPSA) is 52.5 Å². The van der Waals surface area contributed by atoms with Crippen molar-refractivity contribution in [2.45, 2.75) is 103 Å². The normalized spacial score (nSPS) is 10.6. The standard InChI is InChI=1S/C23H43NO2/c1-21(24-20-23(3)26)18-16-14-12-10-8-6-4-5-7-9-11-13-15-17-19-22(2)25/h24-26H,1-20H2. The van der Waals surface area contributed by atoms with E-state index < -0.39 is 0 Å². The fourth-order valence-corrected chi connectivity index (χ4v) is 3.10. The van der Waals surface area contributed by atoms with E-state index in [1.165, 1.54) is 83.5 Å². The first-order valence-electron chi connectivity index (χ1n) is 10.7. The van der Waals surface area contributed by atoms with E-state index in [-0.39, 0.29) is 5.76 Å². The summed E-state index contributed by atoms with van der Waals surface area (Å²) < 4.78 is 0. The molecule has 0 aliphatic rings. The molecular weight excluding hydrogens is 322 g/mol. The summed E-state index contributed by atoms with van der Waals surface area (Å²) in [4.78, 5) is 0. The van der Waals surface area contributed by atoms with Gasteiger partial charge < -0.3 is 15.5 Å². The van der Waals surface area contributed by atoms with Crippen LogP contribution in [0.4, 0.5) is 0 Å². The van der Waals surface area contributed by atoms with Gasteiger partial charge in [0.2, 0.25) is 0 Å². The maximum atomic E-state index is 9.01. The maximum absolute atomic E-state index is 9.01. The van der Waals surface area contributed by atoms with Gasteiger partial charge in [-0.25, -0.2) is 0 Å². The monoisotopic (exact) mass is 365 g/mol. The second kappa shape index (κ2) is 18.4. The second-order valence-electron chi connectivity index (χ2n) is 7.54. The Morgan fingerprint density at radius 2 is 0.846 bits per heavy atom. The molecule has 0 heterocycles. The van der Waals surface area contributed by atoms with Gasteiger partial charge in [0.15, 0.2) is 0 Å². The van der Waals surface area contributed by atoms with Gasteiger partial charge in [0.05, 0.1) is 12.3 Å². The molecule has 0 aromatic rings. The zero-order valence-corrected chi connectivity index (χ0v) is 17.0. The predicted octanol–water partition coefficient (Wildman–Crippen LogP) is 7.47. The van der Waals surface area contributed by atoms with E-state index in [4.69, 9.17) is 10.2 Å². The van der Waals surface area contributed by atoms with Crippen LogP contribution in [0.5, 0.6) is 0 Å². The maximum Gasteiger partial charge on any atom is 0.104 e. The lowest BCUT2D eigenvalue weighted by atomic mass is 10.0. The average molecular weight is 366 g/mol. The summed E-state index contributed by atoms with van der Waals surface area (Å²) in [6.45, 7) is 11.3. The number of hydrogen-bond donors (Lipinski definition) is 3. The van der Waals surface area contributed by atoms with Crippen molar-refractivity contribution in [3.8, 4) is 0 Å². The number of aliphatic hydroxyl groups is 2. The summed E-state index contributed by atoms with van der Waals surface area (Å²) in [7, 11) is 0. The highest BCUT2D eigenvalue weighted by molar-refractivity contribution is 4.95. The Morgan fingerprint density at radius 1 is 0.500 bits per heavy atom. The van der Waals surface area contributed by atoms with Gasteiger partial charge >= 0.3 is 0 Å². The molecule has 0 aromatic carbocycles. The van der Waals surface area contributed by atoms with Crippen LogP contribution in [0.3, 0.4) is 0 Å². The molecule has 0 bridgehead atoms. The third-order valence-corrected chi connectivity index (χ3v) is 4.74. The van der Waals surface area contributed by atoms with Gasteiger partial charge in [-0.1, -0.05) is 96.8 Å². The highest BCUT2D eigenvalue weighted by atomic mass is 16.3. The lowest BCUT2D eigenvalue weighted by Gasteiger charge is -2.08. The minimum absolute atomic E-state index is 0.163. The fourth-order valence-electron chi connectivity index (χ4n) is 3.10. The smallest absolute Gasteiger partial charge is 0.104 e. The molecule has 3 N–H and O–H groups in total. The van der Waals surface area contributed by atoms with Gasteiger partial charge in [-0.3, -0.25) is 0 Å². The summed E-state index contributed by atoms with van der Waals surface area (Å²) in [6.07, 6.45) is 20.1. The van der Waals surface area contributed by atoms with E-state index in [0.29, 0.717) is 12.3 Å². The highest BCUT2D eigenvalue weighted by Gasteiger charge is 1.97. The number of hydrogen-bond acceptors (Lipinski definition) is 3. The van der Waals surface area contributed by atoms with Crippen LogP contribution >= 0.6 is 0 Å². The van der Waals surface area contributed by atoms with Crippen molar-refractivity contribution in [2.24, 2.45) is 0 Å². The molecule has 152 valence electrons. The molecule has 0 unspecified atom stereocenters. The predicted molar refractivity (Wildman–Crippen MR) is 115 cm³/mol. The first-order valence-corrected chi connectivity index (χ1v) is 10.7. The zero-order chi connectivity index (χ0) is 19.5. The number of allylic oxidation sites excluding steroid dienone is 2.